The van der Waals surface area contributed by atoms with Crippen LogP contribution in [-0.4, -0.2) is 40.1 Å². The van der Waals surface area contributed by atoms with Crippen LogP contribution in [0, 0.1) is 0 Å². The highest BCUT2D eigenvalue weighted by Gasteiger charge is 2.17. The predicted octanol–water partition coefficient (Wildman–Crippen LogP) is 1.91. The molecule has 1 aliphatic heterocycles. The Kier molecular flexibility index (Phi) is 3.86. The zero-order chi connectivity index (χ0) is 16.4. The molecule has 0 saturated heterocycles. The molecule has 6 heteroatoms. The van der Waals surface area contributed by atoms with Crippen LogP contribution >= 0.6 is 0 Å². The Morgan fingerprint density at radius 1 is 1.25 bits per heavy atom. The van der Waals surface area contributed by atoms with Crippen molar-refractivity contribution in [2.45, 2.75) is 12.8 Å². The van der Waals surface area contributed by atoms with Crippen LogP contribution in [0.4, 0.5) is 5.69 Å². The highest BCUT2D eigenvalue weighted by molar-refractivity contribution is 5.93. The number of nitrogens with one attached hydrogen (secondary N) is 1. The second kappa shape index (κ2) is 6.31. The molecule has 6 nitrogen and oxygen atoms in total. The van der Waals surface area contributed by atoms with Crippen LogP contribution in [-0.2, 0) is 6.42 Å². The van der Waals surface area contributed by atoms with Crippen molar-refractivity contribution in [2.24, 2.45) is 0 Å². The van der Waals surface area contributed by atoms with Crippen molar-refractivity contribution in [2.75, 3.05) is 24.5 Å². The Bertz CT molecular complexity index is 839. The number of para-hydroxylation sites is 1. The van der Waals surface area contributed by atoms with Crippen molar-refractivity contribution in [1.29, 1.82) is 0 Å². The molecule has 0 fully saturated rings. The van der Waals surface area contributed by atoms with E-state index in [2.05, 4.69) is 44.6 Å². The number of amides is 1. The standard InChI is InChI=1S/C18H19N5O/c24-18(15-13-17-19-8-4-11-23(17)21-15)20-9-3-10-22-12-7-14-5-1-2-6-16(14)22/h1-2,4-6,8,11,13H,3,7,9-10,12H2,(H,20,24). The van der Waals surface area contributed by atoms with E-state index < -0.39 is 0 Å². The van der Waals surface area contributed by atoms with Crippen LogP contribution in [0.2, 0.25) is 0 Å². The number of nitrogens with zero attached hydrogens (tertiary/aromatic N) is 4. The normalized spacial score (nSPS) is 13.2. The average Bonchev–Trinajstić information content (AvgIpc) is 3.23. The molecule has 0 saturated carbocycles. The molecule has 3 heterocycles. The summed E-state index contributed by atoms with van der Waals surface area (Å²) >= 11 is 0. The summed E-state index contributed by atoms with van der Waals surface area (Å²) in [5, 5.41) is 7.17. The van der Waals surface area contributed by atoms with Gasteiger partial charge in [0.05, 0.1) is 0 Å². The van der Waals surface area contributed by atoms with Crippen molar-refractivity contribution in [3.63, 3.8) is 0 Å². The topological polar surface area (TPSA) is 62.5 Å². The third-order valence-corrected chi connectivity index (χ3v) is 4.34. The van der Waals surface area contributed by atoms with Crippen molar-refractivity contribution in [3.8, 4) is 0 Å². The second-order valence-electron chi connectivity index (χ2n) is 5.93. The van der Waals surface area contributed by atoms with E-state index in [0.717, 1.165) is 25.9 Å². The molecule has 0 unspecified atom stereocenters. The second-order valence-corrected chi connectivity index (χ2v) is 5.93. The lowest BCUT2D eigenvalue weighted by molar-refractivity contribution is 0.0948. The summed E-state index contributed by atoms with van der Waals surface area (Å²) in [4.78, 5) is 18.7. The van der Waals surface area contributed by atoms with E-state index in [1.54, 1.807) is 29.0 Å². The molecule has 4 rings (SSSR count). The molecule has 3 aromatic rings. The summed E-state index contributed by atoms with van der Waals surface area (Å²) < 4.78 is 1.61. The molecule has 1 N–H and O–H groups in total. The largest absolute Gasteiger partial charge is 0.371 e. The maximum atomic E-state index is 12.2. The van der Waals surface area contributed by atoms with Crippen molar-refractivity contribution in [3.05, 3.63) is 60.0 Å². The maximum Gasteiger partial charge on any atom is 0.271 e. The summed E-state index contributed by atoms with van der Waals surface area (Å²) in [5.74, 6) is -0.151. The van der Waals surface area contributed by atoms with E-state index in [1.807, 2.05) is 0 Å². The first kappa shape index (κ1) is 14.7. The van der Waals surface area contributed by atoms with Gasteiger partial charge in [-0.05, 0) is 30.5 Å². The van der Waals surface area contributed by atoms with Gasteiger partial charge in [0, 0.05) is 43.8 Å². The van der Waals surface area contributed by atoms with Crippen LogP contribution in [0.5, 0.6) is 0 Å². The lowest BCUT2D eigenvalue weighted by Crippen LogP contribution is -2.29. The molecule has 24 heavy (non-hydrogen) atoms. The van der Waals surface area contributed by atoms with E-state index in [0.29, 0.717) is 17.9 Å². The predicted molar refractivity (Wildman–Crippen MR) is 92.3 cm³/mol. The number of benzene rings is 1. The summed E-state index contributed by atoms with van der Waals surface area (Å²) in [6.07, 6.45) is 5.49. The number of hydrogen-bond acceptors (Lipinski definition) is 4. The van der Waals surface area contributed by atoms with Crippen LogP contribution in [0.1, 0.15) is 22.5 Å². The van der Waals surface area contributed by atoms with Crippen molar-refractivity contribution in [1.82, 2.24) is 19.9 Å². The lowest BCUT2D eigenvalue weighted by atomic mass is 10.2. The van der Waals surface area contributed by atoms with Gasteiger partial charge in [-0.2, -0.15) is 5.10 Å². The van der Waals surface area contributed by atoms with Crippen LogP contribution in [0.3, 0.4) is 0 Å². The zero-order valence-electron chi connectivity index (χ0n) is 13.4. The molecule has 1 aromatic carbocycles. The van der Waals surface area contributed by atoms with Crippen LogP contribution < -0.4 is 10.2 Å². The molecule has 0 atom stereocenters. The van der Waals surface area contributed by atoms with Crippen molar-refractivity contribution >= 4 is 17.2 Å². The Balaban J connectivity index is 1.29. The van der Waals surface area contributed by atoms with Crippen LogP contribution in [0.15, 0.2) is 48.8 Å². The van der Waals surface area contributed by atoms with Gasteiger partial charge in [-0.25, -0.2) is 9.50 Å². The molecule has 0 aliphatic carbocycles. The first-order chi connectivity index (χ1) is 11.8. The fourth-order valence-electron chi connectivity index (χ4n) is 3.14. The number of fused-ring (bicyclic) bond motifs is 2. The van der Waals surface area contributed by atoms with Crippen molar-refractivity contribution < 1.29 is 4.79 Å². The van der Waals surface area contributed by atoms with E-state index in [9.17, 15) is 4.79 Å². The van der Waals surface area contributed by atoms with E-state index >= 15 is 0 Å². The summed E-state index contributed by atoms with van der Waals surface area (Å²) in [6, 6.07) is 12.0. The van der Waals surface area contributed by atoms with Gasteiger partial charge in [-0.1, -0.05) is 18.2 Å². The third kappa shape index (κ3) is 2.82. The highest BCUT2D eigenvalue weighted by Crippen LogP contribution is 2.27. The van der Waals surface area contributed by atoms with Gasteiger partial charge in [-0.3, -0.25) is 4.79 Å². The molecule has 1 aliphatic rings. The Hall–Kier alpha value is -2.89. The number of hydrogen-bond donors (Lipinski definition) is 1. The molecule has 1 amide bonds. The van der Waals surface area contributed by atoms with Gasteiger partial charge in [0.1, 0.15) is 0 Å². The minimum absolute atomic E-state index is 0.151. The minimum Gasteiger partial charge on any atom is -0.371 e. The number of rotatable bonds is 5. The molecule has 0 bridgehead atoms. The van der Waals surface area contributed by atoms with E-state index in [1.165, 1.54) is 11.3 Å². The van der Waals surface area contributed by atoms with Gasteiger partial charge in [-0.15, -0.1) is 0 Å². The highest BCUT2D eigenvalue weighted by atomic mass is 16.1. The molecule has 0 radical (unpaired) electrons. The SMILES string of the molecule is O=C(NCCCN1CCc2ccccc21)c1cc2ncccn2n1. The smallest absolute Gasteiger partial charge is 0.271 e. The van der Waals surface area contributed by atoms with E-state index in [-0.39, 0.29) is 5.91 Å². The minimum atomic E-state index is -0.151. The first-order valence-corrected chi connectivity index (χ1v) is 8.23. The maximum absolute atomic E-state index is 12.2. The summed E-state index contributed by atoms with van der Waals surface area (Å²) in [5.41, 5.74) is 3.82. The third-order valence-electron chi connectivity index (χ3n) is 4.34. The van der Waals surface area contributed by atoms with Crippen LogP contribution in [0.25, 0.3) is 5.65 Å². The number of anilines is 1. The first-order valence-electron chi connectivity index (χ1n) is 8.23. The van der Waals surface area contributed by atoms with Gasteiger partial charge in [0.2, 0.25) is 0 Å². The Labute approximate surface area is 140 Å². The lowest BCUT2D eigenvalue weighted by Gasteiger charge is -2.19. The molecule has 0 spiro atoms. The number of carbonyl (C=O) groups excluding carboxylic acids is 1. The molecular formula is C18H19N5O. The number of carbonyl (C=O) groups is 1. The zero-order valence-corrected chi connectivity index (χ0v) is 13.4. The average molecular weight is 321 g/mol. The van der Waals surface area contributed by atoms with Gasteiger partial charge in [0.25, 0.3) is 5.91 Å². The summed E-state index contributed by atoms with van der Waals surface area (Å²) in [7, 11) is 0. The molecule has 122 valence electrons. The monoisotopic (exact) mass is 321 g/mol. The fraction of sp³-hybridized carbons (Fsp3) is 0.278. The fourth-order valence-corrected chi connectivity index (χ4v) is 3.14. The molecular weight excluding hydrogens is 302 g/mol. The van der Waals surface area contributed by atoms with Gasteiger partial charge in [0.15, 0.2) is 11.3 Å². The Morgan fingerprint density at radius 2 is 2.17 bits per heavy atom. The number of aromatic nitrogens is 3. The van der Waals surface area contributed by atoms with Gasteiger partial charge < -0.3 is 10.2 Å². The molecule has 2 aromatic heterocycles. The quantitative estimate of drug-likeness (QED) is 0.729. The Morgan fingerprint density at radius 3 is 3.08 bits per heavy atom. The summed E-state index contributed by atoms with van der Waals surface area (Å²) in [6.45, 7) is 2.65. The van der Waals surface area contributed by atoms with Gasteiger partial charge >= 0.3 is 0 Å². The van der Waals surface area contributed by atoms with E-state index in [4.69, 9.17) is 0 Å².